The number of carbonyl (C=O) groups is 2. The topological polar surface area (TPSA) is 95.9 Å². The third-order valence-corrected chi connectivity index (χ3v) is 2.92. The van der Waals surface area contributed by atoms with Gasteiger partial charge in [-0.3, -0.25) is 4.79 Å². The Morgan fingerprint density at radius 1 is 1.15 bits per heavy atom. The number of anilines is 1. The molecule has 1 amide bonds. The van der Waals surface area contributed by atoms with Crippen LogP contribution in [0.3, 0.4) is 0 Å². The lowest BCUT2D eigenvalue weighted by Gasteiger charge is -2.34. The molecule has 0 saturated carbocycles. The molecular formula is C12H16N4O4. The fourth-order valence-corrected chi connectivity index (χ4v) is 1.93. The first-order valence-corrected chi connectivity index (χ1v) is 6.26. The van der Waals surface area contributed by atoms with Crippen molar-refractivity contribution in [3.8, 4) is 0 Å². The number of carbonyl (C=O) groups excluding carboxylic acids is 1. The molecule has 2 heterocycles. The molecule has 1 N–H and O–H groups in total. The lowest BCUT2D eigenvalue weighted by atomic mass is 10.3. The molecule has 1 aliphatic heterocycles. The molecule has 1 aromatic rings. The molecule has 8 nitrogen and oxygen atoms in total. The number of ether oxygens (including phenoxy) is 1. The van der Waals surface area contributed by atoms with E-state index in [0.717, 1.165) is 0 Å². The molecule has 20 heavy (non-hydrogen) atoms. The zero-order valence-corrected chi connectivity index (χ0v) is 10.9. The van der Waals surface area contributed by atoms with E-state index in [1.54, 1.807) is 23.4 Å². The van der Waals surface area contributed by atoms with Crippen molar-refractivity contribution < 1.29 is 19.4 Å². The van der Waals surface area contributed by atoms with E-state index in [1.165, 1.54) is 0 Å². The molecule has 0 spiro atoms. The smallest absolute Gasteiger partial charge is 0.329 e. The monoisotopic (exact) mass is 280 g/mol. The van der Waals surface area contributed by atoms with Gasteiger partial charge in [-0.1, -0.05) is 0 Å². The Kier molecular flexibility index (Phi) is 4.83. The number of rotatable bonds is 5. The van der Waals surface area contributed by atoms with Gasteiger partial charge in [0.05, 0.1) is 0 Å². The van der Waals surface area contributed by atoms with E-state index in [4.69, 9.17) is 9.84 Å². The quantitative estimate of drug-likeness (QED) is 0.756. The molecule has 0 bridgehead atoms. The van der Waals surface area contributed by atoms with Crippen LogP contribution in [0.2, 0.25) is 0 Å². The van der Waals surface area contributed by atoms with Crippen molar-refractivity contribution in [2.24, 2.45) is 0 Å². The lowest BCUT2D eigenvalue weighted by Crippen LogP contribution is -2.50. The van der Waals surface area contributed by atoms with Crippen molar-refractivity contribution in [2.45, 2.75) is 0 Å². The molecule has 108 valence electrons. The highest BCUT2D eigenvalue weighted by Crippen LogP contribution is 2.09. The maximum atomic E-state index is 11.8. The Morgan fingerprint density at radius 2 is 1.80 bits per heavy atom. The minimum atomic E-state index is -1.08. The standard InChI is InChI=1S/C12H16N4O4/c17-10(8-20-9-11(18)19)15-4-6-16(7-5-15)12-13-2-1-3-14-12/h1-3H,4-9H2,(H,18,19). The summed E-state index contributed by atoms with van der Waals surface area (Å²) < 4.78 is 4.79. The fourth-order valence-electron chi connectivity index (χ4n) is 1.93. The Hall–Kier alpha value is -2.22. The van der Waals surface area contributed by atoms with E-state index in [0.29, 0.717) is 32.1 Å². The van der Waals surface area contributed by atoms with Gasteiger partial charge in [-0.05, 0) is 6.07 Å². The first kappa shape index (κ1) is 14.2. The zero-order valence-electron chi connectivity index (χ0n) is 10.9. The molecule has 0 aliphatic carbocycles. The summed E-state index contributed by atoms with van der Waals surface area (Å²) in [7, 11) is 0. The summed E-state index contributed by atoms with van der Waals surface area (Å²) in [5.41, 5.74) is 0. The van der Waals surface area contributed by atoms with E-state index in [2.05, 4.69) is 9.97 Å². The van der Waals surface area contributed by atoms with Crippen LogP contribution < -0.4 is 4.90 Å². The second kappa shape index (κ2) is 6.80. The average molecular weight is 280 g/mol. The summed E-state index contributed by atoms with van der Waals surface area (Å²) in [5, 5.41) is 8.43. The van der Waals surface area contributed by atoms with Crippen molar-refractivity contribution in [1.29, 1.82) is 0 Å². The van der Waals surface area contributed by atoms with Crippen molar-refractivity contribution in [2.75, 3.05) is 44.3 Å². The van der Waals surface area contributed by atoms with Gasteiger partial charge in [0, 0.05) is 38.6 Å². The average Bonchev–Trinajstić information content (AvgIpc) is 2.48. The van der Waals surface area contributed by atoms with Crippen LogP contribution in [0.4, 0.5) is 5.95 Å². The molecular weight excluding hydrogens is 264 g/mol. The van der Waals surface area contributed by atoms with Crippen LogP contribution in [0.15, 0.2) is 18.5 Å². The number of aromatic nitrogens is 2. The highest BCUT2D eigenvalue weighted by molar-refractivity contribution is 5.78. The largest absolute Gasteiger partial charge is 0.480 e. The highest BCUT2D eigenvalue weighted by atomic mass is 16.5. The van der Waals surface area contributed by atoms with Gasteiger partial charge in [-0.2, -0.15) is 0 Å². The second-order valence-electron chi connectivity index (χ2n) is 4.30. The molecule has 0 radical (unpaired) electrons. The number of hydrogen-bond acceptors (Lipinski definition) is 6. The highest BCUT2D eigenvalue weighted by Gasteiger charge is 2.22. The summed E-state index contributed by atoms with van der Waals surface area (Å²) in [6.07, 6.45) is 3.36. The molecule has 1 saturated heterocycles. The van der Waals surface area contributed by atoms with Gasteiger partial charge in [0.25, 0.3) is 0 Å². The maximum absolute atomic E-state index is 11.8. The van der Waals surface area contributed by atoms with Crippen molar-refractivity contribution in [3.05, 3.63) is 18.5 Å². The lowest BCUT2D eigenvalue weighted by molar-refractivity contribution is -0.145. The van der Waals surface area contributed by atoms with E-state index in [1.807, 2.05) is 4.90 Å². The third-order valence-electron chi connectivity index (χ3n) is 2.92. The maximum Gasteiger partial charge on any atom is 0.329 e. The number of carboxylic acid groups (broad SMARTS) is 1. The van der Waals surface area contributed by atoms with Gasteiger partial charge in [0.1, 0.15) is 13.2 Å². The first-order chi connectivity index (χ1) is 9.66. The molecule has 2 rings (SSSR count). The van der Waals surface area contributed by atoms with Crippen LogP contribution in [0.5, 0.6) is 0 Å². The minimum absolute atomic E-state index is 0.195. The number of aliphatic carboxylic acids is 1. The van der Waals surface area contributed by atoms with Crippen LogP contribution in [-0.2, 0) is 14.3 Å². The summed E-state index contributed by atoms with van der Waals surface area (Å²) in [6, 6.07) is 1.75. The van der Waals surface area contributed by atoms with Crippen LogP contribution in [-0.4, -0.2) is 71.2 Å². The Labute approximate surface area is 116 Å². The Balaban J connectivity index is 1.76. The number of carboxylic acids is 1. The van der Waals surface area contributed by atoms with Gasteiger partial charge in [0.2, 0.25) is 11.9 Å². The third kappa shape index (κ3) is 3.89. The molecule has 0 unspecified atom stereocenters. The predicted molar refractivity (Wildman–Crippen MR) is 69.3 cm³/mol. The summed E-state index contributed by atoms with van der Waals surface area (Å²) in [5.74, 6) is -0.620. The number of amides is 1. The first-order valence-electron chi connectivity index (χ1n) is 6.26. The Morgan fingerprint density at radius 3 is 2.40 bits per heavy atom. The van der Waals surface area contributed by atoms with Crippen molar-refractivity contribution in [3.63, 3.8) is 0 Å². The number of nitrogens with zero attached hydrogens (tertiary/aromatic N) is 4. The van der Waals surface area contributed by atoms with Gasteiger partial charge >= 0.3 is 5.97 Å². The number of piperazine rings is 1. The van der Waals surface area contributed by atoms with Crippen LogP contribution in [0.25, 0.3) is 0 Å². The summed E-state index contributed by atoms with van der Waals surface area (Å²) in [4.78, 5) is 34.0. The van der Waals surface area contributed by atoms with Crippen molar-refractivity contribution >= 4 is 17.8 Å². The number of hydrogen-bond donors (Lipinski definition) is 1. The minimum Gasteiger partial charge on any atom is -0.480 e. The van der Waals surface area contributed by atoms with Crippen LogP contribution in [0.1, 0.15) is 0 Å². The van der Waals surface area contributed by atoms with Crippen LogP contribution >= 0.6 is 0 Å². The van der Waals surface area contributed by atoms with Crippen LogP contribution in [0, 0.1) is 0 Å². The van der Waals surface area contributed by atoms with Gasteiger partial charge in [-0.15, -0.1) is 0 Å². The normalized spacial score (nSPS) is 15.2. The molecule has 1 fully saturated rings. The van der Waals surface area contributed by atoms with Gasteiger partial charge in [-0.25, -0.2) is 14.8 Å². The molecule has 8 heteroatoms. The van der Waals surface area contributed by atoms with E-state index >= 15 is 0 Å². The molecule has 1 aromatic heterocycles. The van der Waals surface area contributed by atoms with E-state index < -0.39 is 12.6 Å². The van der Waals surface area contributed by atoms with Gasteiger partial charge in [0.15, 0.2) is 0 Å². The second-order valence-corrected chi connectivity index (χ2v) is 4.30. The van der Waals surface area contributed by atoms with Crippen molar-refractivity contribution in [1.82, 2.24) is 14.9 Å². The molecule has 0 atom stereocenters. The van der Waals surface area contributed by atoms with E-state index in [-0.39, 0.29) is 12.5 Å². The molecule has 1 aliphatic rings. The summed E-state index contributed by atoms with van der Waals surface area (Å²) in [6.45, 7) is 1.74. The predicted octanol–water partition coefficient (Wildman–Crippen LogP) is -0.774. The SMILES string of the molecule is O=C(O)COCC(=O)N1CCN(c2ncccn2)CC1. The fraction of sp³-hybridized carbons (Fsp3) is 0.500. The Bertz CT molecular complexity index is 460. The molecule has 0 aromatic carbocycles. The zero-order chi connectivity index (χ0) is 14.4. The van der Waals surface area contributed by atoms with E-state index in [9.17, 15) is 9.59 Å². The summed E-state index contributed by atoms with van der Waals surface area (Å²) >= 11 is 0. The van der Waals surface area contributed by atoms with Gasteiger partial charge < -0.3 is 19.6 Å².